The Balaban J connectivity index is 2.54. The van der Waals surface area contributed by atoms with Crippen molar-refractivity contribution in [1.29, 1.82) is 0 Å². The first kappa shape index (κ1) is 12.8. The van der Waals surface area contributed by atoms with Crippen LogP contribution in [0.25, 0.3) is 11.1 Å². The fraction of sp³-hybridized carbons (Fsp3) is 0.294. The minimum atomic E-state index is -0.177. The molecule has 0 unspecified atom stereocenters. The first-order chi connectivity index (χ1) is 8.38. The Labute approximate surface area is 108 Å². The highest BCUT2D eigenvalue weighted by molar-refractivity contribution is 5.65. The molecule has 0 saturated carbocycles. The van der Waals surface area contributed by atoms with Crippen molar-refractivity contribution in [1.82, 2.24) is 0 Å². The van der Waals surface area contributed by atoms with Gasteiger partial charge < -0.3 is 0 Å². The molecule has 0 atom stereocenters. The lowest BCUT2D eigenvalue weighted by Crippen LogP contribution is -2.13. The minimum Gasteiger partial charge on any atom is -0.207 e. The smallest absolute Gasteiger partial charge is 0.126 e. The summed E-state index contributed by atoms with van der Waals surface area (Å²) in [5, 5.41) is 0. The van der Waals surface area contributed by atoms with Gasteiger partial charge in [-0.1, -0.05) is 56.7 Å². The zero-order valence-electron chi connectivity index (χ0n) is 11.4. The Kier molecular flexibility index (Phi) is 3.25. The van der Waals surface area contributed by atoms with Gasteiger partial charge in [-0.25, -0.2) is 4.39 Å². The number of hydrogen-bond acceptors (Lipinski definition) is 0. The highest BCUT2D eigenvalue weighted by atomic mass is 19.1. The Morgan fingerprint density at radius 3 is 2.17 bits per heavy atom. The molecule has 0 amide bonds. The first-order valence-electron chi connectivity index (χ1n) is 6.25. The molecule has 0 aliphatic carbocycles. The molecule has 0 saturated heterocycles. The molecule has 0 aliphatic rings. The summed E-state index contributed by atoms with van der Waals surface area (Å²) in [4.78, 5) is 0. The summed E-state index contributed by atoms with van der Waals surface area (Å²) in [6.07, 6.45) is 0. The van der Waals surface area contributed by atoms with Gasteiger partial charge in [-0.15, -0.1) is 0 Å². The third kappa shape index (κ3) is 2.61. The van der Waals surface area contributed by atoms with E-state index < -0.39 is 0 Å². The Bertz CT molecular complexity index is 562. The van der Waals surface area contributed by atoms with Crippen LogP contribution in [0.3, 0.4) is 0 Å². The molecule has 2 aromatic rings. The van der Waals surface area contributed by atoms with Crippen molar-refractivity contribution in [3.05, 3.63) is 59.4 Å². The van der Waals surface area contributed by atoms with Gasteiger partial charge >= 0.3 is 0 Å². The average Bonchev–Trinajstić information content (AvgIpc) is 2.28. The zero-order valence-corrected chi connectivity index (χ0v) is 11.4. The van der Waals surface area contributed by atoms with Crippen molar-refractivity contribution in [2.75, 3.05) is 0 Å². The molecule has 94 valence electrons. The van der Waals surface area contributed by atoms with E-state index in [1.807, 2.05) is 39.0 Å². The molecule has 0 aromatic heterocycles. The summed E-state index contributed by atoms with van der Waals surface area (Å²) >= 11 is 0. The number of aryl methyl sites for hydroxylation is 1. The Morgan fingerprint density at radius 1 is 0.889 bits per heavy atom. The maximum atomic E-state index is 13.9. The van der Waals surface area contributed by atoms with Crippen LogP contribution < -0.4 is 0 Å². The number of hydrogen-bond donors (Lipinski definition) is 0. The molecule has 0 nitrogen and oxygen atoms in total. The van der Waals surface area contributed by atoms with E-state index in [0.29, 0.717) is 0 Å². The van der Waals surface area contributed by atoms with Gasteiger partial charge in [0.15, 0.2) is 0 Å². The molecular weight excluding hydrogens is 223 g/mol. The van der Waals surface area contributed by atoms with Crippen LogP contribution in [0.5, 0.6) is 0 Å². The van der Waals surface area contributed by atoms with Crippen LogP contribution in [-0.2, 0) is 5.41 Å². The number of halogens is 1. The monoisotopic (exact) mass is 242 g/mol. The standard InChI is InChI=1S/C17H19F/c1-12-6-5-7-13(10-12)14-8-9-16(18)15(11-14)17(2,3)4/h5-11H,1-4H3. The quantitative estimate of drug-likeness (QED) is 0.652. The number of rotatable bonds is 1. The van der Waals surface area contributed by atoms with Crippen molar-refractivity contribution in [3.63, 3.8) is 0 Å². The van der Waals surface area contributed by atoms with Gasteiger partial charge in [0, 0.05) is 0 Å². The van der Waals surface area contributed by atoms with Gasteiger partial charge in [0.05, 0.1) is 0 Å². The van der Waals surface area contributed by atoms with E-state index in [2.05, 4.69) is 25.1 Å². The molecule has 2 aromatic carbocycles. The molecule has 0 bridgehead atoms. The molecule has 0 N–H and O–H groups in total. The van der Waals surface area contributed by atoms with Gasteiger partial charge in [-0.2, -0.15) is 0 Å². The lowest BCUT2D eigenvalue weighted by atomic mass is 9.85. The molecular formula is C17H19F. The molecule has 0 heterocycles. The summed E-state index contributed by atoms with van der Waals surface area (Å²) < 4.78 is 13.9. The lowest BCUT2D eigenvalue weighted by molar-refractivity contribution is 0.523. The van der Waals surface area contributed by atoms with Crippen molar-refractivity contribution in [2.45, 2.75) is 33.1 Å². The van der Waals surface area contributed by atoms with E-state index in [1.54, 1.807) is 6.07 Å². The van der Waals surface area contributed by atoms with E-state index in [4.69, 9.17) is 0 Å². The summed E-state index contributed by atoms with van der Waals surface area (Å²) in [5.41, 5.74) is 4.02. The van der Waals surface area contributed by atoms with Crippen molar-refractivity contribution in [2.24, 2.45) is 0 Å². The summed E-state index contributed by atoms with van der Waals surface area (Å²) in [6.45, 7) is 8.17. The van der Waals surface area contributed by atoms with Gasteiger partial charge in [-0.05, 0) is 41.2 Å². The average molecular weight is 242 g/mol. The molecule has 0 fully saturated rings. The topological polar surface area (TPSA) is 0 Å². The van der Waals surface area contributed by atoms with Crippen molar-refractivity contribution < 1.29 is 4.39 Å². The highest BCUT2D eigenvalue weighted by Gasteiger charge is 2.18. The van der Waals surface area contributed by atoms with Crippen LogP contribution in [0.15, 0.2) is 42.5 Å². The molecule has 2 rings (SSSR count). The van der Waals surface area contributed by atoms with Gasteiger partial charge in [-0.3, -0.25) is 0 Å². The first-order valence-corrected chi connectivity index (χ1v) is 6.25. The molecule has 1 heteroatoms. The van der Waals surface area contributed by atoms with Crippen LogP contribution in [0.1, 0.15) is 31.9 Å². The predicted molar refractivity (Wildman–Crippen MR) is 75.3 cm³/mol. The summed E-state index contributed by atoms with van der Waals surface area (Å²) in [7, 11) is 0. The van der Waals surface area contributed by atoms with Gasteiger partial charge in [0.25, 0.3) is 0 Å². The van der Waals surface area contributed by atoms with E-state index in [0.717, 1.165) is 16.7 Å². The predicted octanol–water partition coefficient (Wildman–Crippen LogP) is 5.10. The highest BCUT2D eigenvalue weighted by Crippen LogP contribution is 2.30. The second kappa shape index (κ2) is 4.56. The van der Waals surface area contributed by atoms with Crippen LogP contribution in [0.2, 0.25) is 0 Å². The van der Waals surface area contributed by atoms with Crippen molar-refractivity contribution in [3.8, 4) is 11.1 Å². The molecule has 0 spiro atoms. The fourth-order valence-electron chi connectivity index (χ4n) is 2.10. The lowest BCUT2D eigenvalue weighted by Gasteiger charge is -2.20. The SMILES string of the molecule is Cc1cccc(-c2ccc(F)c(C(C)(C)C)c2)c1. The van der Waals surface area contributed by atoms with Crippen LogP contribution >= 0.6 is 0 Å². The normalized spacial score (nSPS) is 11.6. The summed E-state index contributed by atoms with van der Waals surface area (Å²) in [6, 6.07) is 13.7. The van der Waals surface area contributed by atoms with Crippen molar-refractivity contribution >= 4 is 0 Å². The Morgan fingerprint density at radius 2 is 1.56 bits per heavy atom. The van der Waals surface area contributed by atoms with Gasteiger partial charge in [0.2, 0.25) is 0 Å². The van der Waals surface area contributed by atoms with E-state index in [9.17, 15) is 4.39 Å². The van der Waals surface area contributed by atoms with E-state index >= 15 is 0 Å². The third-order valence-corrected chi connectivity index (χ3v) is 3.13. The summed E-state index contributed by atoms with van der Waals surface area (Å²) in [5.74, 6) is -0.126. The molecule has 0 aliphatic heterocycles. The zero-order chi connectivity index (χ0) is 13.3. The molecule has 18 heavy (non-hydrogen) atoms. The van der Waals surface area contributed by atoms with Crippen LogP contribution in [0.4, 0.5) is 4.39 Å². The van der Waals surface area contributed by atoms with E-state index in [1.165, 1.54) is 5.56 Å². The number of benzene rings is 2. The van der Waals surface area contributed by atoms with Gasteiger partial charge in [0.1, 0.15) is 5.82 Å². The second-order valence-electron chi connectivity index (χ2n) is 5.81. The van der Waals surface area contributed by atoms with E-state index in [-0.39, 0.29) is 11.2 Å². The minimum absolute atomic E-state index is 0.126. The second-order valence-corrected chi connectivity index (χ2v) is 5.81. The largest absolute Gasteiger partial charge is 0.207 e. The fourth-order valence-corrected chi connectivity index (χ4v) is 2.10. The molecule has 0 radical (unpaired) electrons. The third-order valence-electron chi connectivity index (χ3n) is 3.13. The Hall–Kier alpha value is -1.63. The maximum Gasteiger partial charge on any atom is 0.126 e. The maximum absolute atomic E-state index is 13.9. The van der Waals surface area contributed by atoms with Crippen LogP contribution in [-0.4, -0.2) is 0 Å². The van der Waals surface area contributed by atoms with Crippen LogP contribution in [0, 0.1) is 12.7 Å².